The summed E-state index contributed by atoms with van der Waals surface area (Å²) in [5.74, 6) is -0.0121. The summed E-state index contributed by atoms with van der Waals surface area (Å²) in [6.45, 7) is 14.5. The molecule has 2 aromatic heterocycles. The van der Waals surface area contributed by atoms with E-state index in [0.717, 1.165) is 61.5 Å². The normalized spacial score (nSPS) is 13.8. The zero-order valence-corrected chi connectivity index (χ0v) is 42.0. The van der Waals surface area contributed by atoms with Gasteiger partial charge in [-0.1, -0.05) is 32.0 Å². The van der Waals surface area contributed by atoms with Crippen LogP contribution in [0.15, 0.2) is 73.1 Å². The average Bonchev–Trinajstić information content (AvgIpc) is 4.21. The Morgan fingerprint density at radius 2 is 1.68 bits per heavy atom. The van der Waals surface area contributed by atoms with Crippen molar-refractivity contribution < 1.29 is 42.9 Å². The van der Waals surface area contributed by atoms with Gasteiger partial charge in [0.2, 0.25) is 0 Å². The summed E-state index contributed by atoms with van der Waals surface area (Å²) in [6, 6.07) is 17.5. The molecule has 0 saturated carbocycles. The van der Waals surface area contributed by atoms with Gasteiger partial charge in [-0.2, -0.15) is 5.10 Å². The van der Waals surface area contributed by atoms with Gasteiger partial charge in [0, 0.05) is 73.4 Å². The Bertz CT molecular complexity index is 2700. The summed E-state index contributed by atoms with van der Waals surface area (Å²) in [6.07, 6.45) is 8.43. The van der Waals surface area contributed by atoms with Gasteiger partial charge in [0.05, 0.1) is 36.7 Å². The molecule has 0 aliphatic carbocycles. The van der Waals surface area contributed by atoms with E-state index in [1.807, 2.05) is 56.3 Å². The highest BCUT2D eigenvalue weighted by atomic mass is 16.5. The maximum Gasteiger partial charge on any atom is 0.322 e. The van der Waals surface area contributed by atoms with Crippen LogP contribution in [0.5, 0.6) is 17.2 Å². The van der Waals surface area contributed by atoms with Crippen LogP contribution in [-0.4, -0.2) is 132 Å². The third-order valence-corrected chi connectivity index (χ3v) is 13.0. The Hall–Kier alpha value is -7.44. The molecule has 0 radical (unpaired) electrons. The number of carbonyl (C=O) groups is 5. The summed E-state index contributed by atoms with van der Waals surface area (Å²) in [7, 11) is 1.58. The first-order valence-corrected chi connectivity index (χ1v) is 24.8. The number of ether oxygens (including phenoxy) is 4. The smallest absolute Gasteiger partial charge is 0.322 e. The molecule has 4 amide bonds. The van der Waals surface area contributed by atoms with Gasteiger partial charge < -0.3 is 49.7 Å². The van der Waals surface area contributed by atoms with Gasteiger partial charge in [-0.05, 0) is 131 Å². The summed E-state index contributed by atoms with van der Waals surface area (Å²) in [5.41, 5.74) is 7.16. The number of esters is 2. The third-order valence-electron chi connectivity index (χ3n) is 13.0. The predicted molar refractivity (Wildman–Crippen MR) is 276 cm³/mol. The van der Waals surface area contributed by atoms with Crippen molar-refractivity contribution in [2.45, 2.75) is 72.8 Å². The molecule has 2 aliphatic heterocycles. The number of aromatic amines is 2. The van der Waals surface area contributed by atoms with Crippen molar-refractivity contribution in [1.29, 1.82) is 0 Å². The largest absolute Gasteiger partial charge is 0.497 e. The number of rotatable bonds is 25. The molecular weight excluding hydrogens is 919 g/mol. The number of fused-ring (bicyclic) bond motifs is 1. The van der Waals surface area contributed by atoms with Gasteiger partial charge in [-0.25, -0.2) is 4.79 Å². The van der Waals surface area contributed by atoms with Crippen LogP contribution in [0.1, 0.15) is 90.8 Å². The Labute approximate surface area is 420 Å². The molecule has 0 spiro atoms. The summed E-state index contributed by atoms with van der Waals surface area (Å²) < 4.78 is 23.0. The zero-order valence-electron chi connectivity index (χ0n) is 42.0. The molecule has 2 aliphatic rings. The van der Waals surface area contributed by atoms with Gasteiger partial charge in [0.25, 0.3) is 11.8 Å². The van der Waals surface area contributed by atoms with E-state index in [4.69, 9.17) is 18.9 Å². The number of amides is 4. The number of hydrogen-bond donors (Lipinski definition) is 5. The number of carbonyl (C=O) groups excluding carboxylic acids is 5. The van der Waals surface area contributed by atoms with Gasteiger partial charge in [0.15, 0.2) is 0 Å². The lowest BCUT2D eigenvalue weighted by molar-refractivity contribution is -0.144. The van der Waals surface area contributed by atoms with Gasteiger partial charge >= 0.3 is 18.0 Å². The van der Waals surface area contributed by atoms with Crippen molar-refractivity contribution >= 4 is 52.8 Å². The van der Waals surface area contributed by atoms with Crippen LogP contribution in [0.25, 0.3) is 22.8 Å². The number of nitrogens with one attached hydrogen (secondary N) is 5. The van der Waals surface area contributed by atoms with Crippen LogP contribution in [0.3, 0.4) is 0 Å². The molecule has 0 atom stereocenters. The molecular formula is C54H67N9O9. The van der Waals surface area contributed by atoms with E-state index >= 15 is 0 Å². The number of hydrogen-bond acceptors (Lipinski definition) is 12. The highest BCUT2D eigenvalue weighted by Gasteiger charge is 2.27. The van der Waals surface area contributed by atoms with Crippen molar-refractivity contribution in [2.24, 2.45) is 0 Å². The second-order valence-corrected chi connectivity index (χ2v) is 17.9. The van der Waals surface area contributed by atoms with E-state index in [9.17, 15) is 24.0 Å². The SMILES string of the molecule is CCN(CC)CCNC(=O)c1c(C)[nH]c(/C=C2\C(=O)Nc3ccc(OC(=O)CCCCC(=O)OCCN(Cc4cccc(OC)c4)C(=O)Nc4ccc(-c5cn[nH]c5)cc4OCCN4CCCC4)cc32)c1C. The van der Waals surface area contributed by atoms with Crippen molar-refractivity contribution in [3.63, 3.8) is 0 Å². The van der Waals surface area contributed by atoms with Crippen molar-refractivity contribution in [2.75, 3.05) is 83.3 Å². The second-order valence-electron chi connectivity index (χ2n) is 17.9. The molecule has 4 heterocycles. The van der Waals surface area contributed by atoms with E-state index in [2.05, 4.69) is 54.8 Å². The topological polar surface area (TPSA) is 213 Å². The fourth-order valence-corrected chi connectivity index (χ4v) is 8.86. The summed E-state index contributed by atoms with van der Waals surface area (Å²) >= 11 is 0. The minimum Gasteiger partial charge on any atom is -0.497 e. The number of H-pyrrole nitrogens is 2. The Balaban J connectivity index is 0.902. The van der Waals surface area contributed by atoms with Crippen LogP contribution in [-0.2, 0) is 25.7 Å². The molecule has 1 saturated heterocycles. The van der Waals surface area contributed by atoms with E-state index in [0.29, 0.717) is 77.0 Å². The number of benzene rings is 3. The first-order chi connectivity index (χ1) is 34.9. The lowest BCUT2D eigenvalue weighted by atomic mass is 10.0. The number of likely N-dealkylation sites (tertiary alicyclic amines) is 1. The van der Waals surface area contributed by atoms with Gasteiger partial charge in [0.1, 0.15) is 30.5 Å². The molecule has 0 bridgehead atoms. The van der Waals surface area contributed by atoms with E-state index < -0.39 is 18.0 Å². The molecule has 5 aromatic rings. The van der Waals surface area contributed by atoms with E-state index in [1.54, 1.807) is 48.7 Å². The summed E-state index contributed by atoms with van der Waals surface area (Å²) in [4.78, 5) is 75.7. The molecule has 382 valence electrons. The number of methoxy groups -OCH3 is 1. The molecule has 72 heavy (non-hydrogen) atoms. The first kappa shape index (κ1) is 52.4. The van der Waals surface area contributed by atoms with Crippen molar-refractivity contribution in [3.05, 3.63) is 107 Å². The van der Waals surface area contributed by atoms with Gasteiger partial charge in [-0.3, -0.25) is 29.2 Å². The maximum atomic E-state index is 14.0. The number of likely N-dealkylation sites (N-methyl/N-ethyl adjacent to an activating group) is 1. The van der Waals surface area contributed by atoms with Crippen molar-refractivity contribution in [3.8, 4) is 28.4 Å². The third kappa shape index (κ3) is 14.1. The number of unbranched alkanes of at least 4 members (excludes halogenated alkanes) is 1. The second kappa shape index (κ2) is 25.6. The fourth-order valence-electron chi connectivity index (χ4n) is 8.86. The van der Waals surface area contributed by atoms with E-state index in [1.165, 1.54) is 12.8 Å². The standard InChI is InChI=1S/C54H67N9O9/c1-6-61(7-2)24-21-55-53(67)51-36(3)47(58-37(51)4)32-44-43-31-42(18-20-45(43)59-52(44)66)72-50(65)16-9-8-15-49(64)71-28-26-63(35-38-13-12-14-41(29-38)69-5)54(68)60-46-19-17-39(40-33-56-57-34-40)30-48(46)70-27-25-62-22-10-11-23-62/h12-14,17-20,29-34,58H,6-11,15-16,21-28,35H2,1-5H3,(H,55,67)(H,56,57)(H,59,66)(H,60,68)/b44-32-. The number of urea groups is 1. The Morgan fingerprint density at radius 3 is 2.43 bits per heavy atom. The predicted octanol–water partition coefficient (Wildman–Crippen LogP) is 7.81. The number of aromatic nitrogens is 3. The highest BCUT2D eigenvalue weighted by molar-refractivity contribution is 6.35. The Kier molecular flexibility index (Phi) is 18.6. The monoisotopic (exact) mass is 986 g/mol. The maximum absolute atomic E-state index is 14.0. The first-order valence-electron chi connectivity index (χ1n) is 24.8. The highest BCUT2D eigenvalue weighted by Crippen LogP contribution is 2.37. The molecule has 7 rings (SSSR count). The number of aryl methyl sites for hydroxylation is 1. The summed E-state index contributed by atoms with van der Waals surface area (Å²) in [5, 5.41) is 15.8. The van der Waals surface area contributed by atoms with Crippen LogP contribution in [0.2, 0.25) is 0 Å². The van der Waals surface area contributed by atoms with Crippen LogP contribution in [0, 0.1) is 13.8 Å². The van der Waals surface area contributed by atoms with E-state index in [-0.39, 0.29) is 50.1 Å². The molecule has 18 nitrogen and oxygen atoms in total. The van der Waals surface area contributed by atoms with Crippen LogP contribution < -0.4 is 30.2 Å². The quantitative estimate of drug-likeness (QED) is 0.0164. The number of nitrogens with zero attached hydrogens (tertiary/aromatic N) is 4. The van der Waals surface area contributed by atoms with Crippen molar-refractivity contribution in [1.82, 2.24) is 35.2 Å². The molecule has 1 fully saturated rings. The average molecular weight is 986 g/mol. The minimum atomic E-state index is -0.492. The molecule has 3 aromatic carbocycles. The lowest BCUT2D eigenvalue weighted by Gasteiger charge is -2.24. The molecule has 0 unspecified atom stereocenters. The fraction of sp³-hybridized carbons (Fsp3) is 0.407. The van der Waals surface area contributed by atoms with Crippen LogP contribution in [0.4, 0.5) is 16.2 Å². The zero-order chi connectivity index (χ0) is 51.0. The molecule has 5 N–H and O–H groups in total. The minimum absolute atomic E-state index is 0.0481. The lowest BCUT2D eigenvalue weighted by Crippen LogP contribution is -2.37. The molecule has 18 heteroatoms. The van der Waals surface area contributed by atoms with Crippen LogP contribution >= 0.6 is 0 Å². The van der Waals surface area contributed by atoms with Gasteiger partial charge in [-0.15, -0.1) is 0 Å². The Morgan fingerprint density at radius 1 is 0.889 bits per heavy atom. The number of anilines is 2.